The maximum atomic E-state index is 11.6. The van der Waals surface area contributed by atoms with Crippen molar-refractivity contribution in [3.05, 3.63) is 70.0 Å². The maximum Gasteiger partial charge on any atom is 0.348 e. The van der Waals surface area contributed by atoms with Crippen molar-refractivity contribution in [2.75, 3.05) is 31.2 Å². The summed E-state index contributed by atoms with van der Waals surface area (Å²) in [6.45, 7) is 3.35. The molecule has 1 aliphatic rings. The zero-order valence-electron chi connectivity index (χ0n) is 15.2. The van der Waals surface area contributed by atoms with E-state index in [4.69, 9.17) is 4.74 Å². The fraction of sp³-hybridized carbons (Fsp3) is 0.182. The Bertz CT molecular complexity index is 975. The summed E-state index contributed by atoms with van der Waals surface area (Å²) in [6.07, 6.45) is 3.83. The molecule has 5 nitrogen and oxygen atoms in total. The Balaban J connectivity index is 1.54. The number of benzene rings is 2. The summed E-state index contributed by atoms with van der Waals surface area (Å²) < 4.78 is 5.39. The molecule has 1 aliphatic heterocycles. The van der Waals surface area contributed by atoms with Gasteiger partial charge in [-0.25, -0.2) is 9.78 Å². The summed E-state index contributed by atoms with van der Waals surface area (Å²) >= 11 is 1.19. The molecule has 2 heterocycles. The van der Waals surface area contributed by atoms with E-state index in [9.17, 15) is 9.90 Å². The Morgan fingerprint density at radius 1 is 1.04 bits per heavy atom. The summed E-state index contributed by atoms with van der Waals surface area (Å²) in [5.41, 5.74) is 3.56. The lowest BCUT2D eigenvalue weighted by Gasteiger charge is -2.28. The van der Waals surface area contributed by atoms with Crippen molar-refractivity contribution in [1.29, 1.82) is 0 Å². The third-order valence-corrected chi connectivity index (χ3v) is 5.58. The average Bonchev–Trinajstić information content (AvgIpc) is 3.19. The number of thiazole rings is 1. The average molecular weight is 392 g/mol. The maximum absolute atomic E-state index is 11.6. The quantitative estimate of drug-likeness (QED) is 0.692. The molecule has 0 saturated carbocycles. The number of rotatable bonds is 5. The van der Waals surface area contributed by atoms with E-state index in [-0.39, 0.29) is 4.88 Å². The van der Waals surface area contributed by atoms with Crippen LogP contribution in [0.1, 0.15) is 20.2 Å². The molecule has 0 spiro atoms. The summed E-state index contributed by atoms with van der Waals surface area (Å²) in [4.78, 5) is 18.7. The van der Waals surface area contributed by atoms with Gasteiger partial charge in [0.15, 0.2) is 0 Å². The van der Waals surface area contributed by atoms with Crippen LogP contribution in [0.5, 0.6) is 0 Å². The fourth-order valence-corrected chi connectivity index (χ4v) is 3.96. The van der Waals surface area contributed by atoms with Crippen molar-refractivity contribution in [3.63, 3.8) is 0 Å². The molecule has 4 rings (SSSR count). The van der Waals surface area contributed by atoms with Crippen LogP contribution in [0.25, 0.3) is 23.4 Å². The predicted molar refractivity (Wildman–Crippen MR) is 113 cm³/mol. The second-order valence-electron chi connectivity index (χ2n) is 6.43. The highest BCUT2D eigenvalue weighted by Gasteiger charge is 2.17. The summed E-state index contributed by atoms with van der Waals surface area (Å²) in [7, 11) is 0. The summed E-state index contributed by atoms with van der Waals surface area (Å²) in [6, 6.07) is 17.7. The second-order valence-corrected chi connectivity index (χ2v) is 7.46. The molecular formula is C22H20N2O3S. The van der Waals surface area contributed by atoms with E-state index in [2.05, 4.69) is 34.1 Å². The number of carboxylic acid groups (broad SMARTS) is 1. The van der Waals surface area contributed by atoms with Crippen LogP contribution < -0.4 is 4.90 Å². The zero-order chi connectivity index (χ0) is 19.3. The molecule has 28 heavy (non-hydrogen) atoms. The standard InChI is InChI=1S/C22H20N2O3S/c25-22(26)21-20(17-4-2-1-3-5-17)23-19(28-21)11-8-16-6-9-18(10-7-16)24-12-14-27-15-13-24/h1-11H,12-15H2,(H,25,26)/b11-8+. The Labute approximate surface area is 167 Å². The van der Waals surface area contributed by atoms with Gasteiger partial charge in [0, 0.05) is 24.3 Å². The number of hydrogen-bond donors (Lipinski definition) is 1. The first kappa shape index (κ1) is 18.4. The molecule has 0 amide bonds. The van der Waals surface area contributed by atoms with E-state index in [1.54, 1.807) is 0 Å². The van der Waals surface area contributed by atoms with E-state index < -0.39 is 5.97 Å². The molecule has 1 N–H and O–H groups in total. The summed E-state index contributed by atoms with van der Waals surface area (Å²) in [5, 5.41) is 10.2. The van der Waals surface area contributed by atoms with Crippen molar-refractivity contribution < 1.29 is 14.6 Å². The SMILES string of the molecule is O=C(O)c1sc(/C=C/c2ccc(N3CCOCC3)cc2)nc1-c1ccccc1. The van der Waals surface area contributed by atoms with Gasteiger partial charge in [0.1, 0.15) is 9.88 Å². The molecular weight excluding hydrogens is 372 g/mol. The molecule has 0 bridgehead atoms. The molecule has 142 valence electrons. The Morgan fingerprint density at radius 2 is 1.75 bits per heavy atom. The van der Waals surface area contributed by atoms with Crippen LogP contribution in [0.3, 0.4) is 0 Å². The van der Waals surface area contributed by atoms with E-state index in [0.717, 1.165) is 37.4 Å². The van der Waals surface area contributed by atoms with Gasteiger partial charge in [-0.2, -0.15) is 0 Å². The van der Waals surface area contributed by atoms with Gasteiger partial charge in [-0.3, -0.25) is 0 Å². The van der Waals surface area contributed by atoms with Crippen molar-refractivity contribution >= 4 is 35.1 Å². The highest BCUT2D eigenvalue weighted by Crippen LogP contribution is 2.29. The molecule has 1 saturated heterocycles. The number of hydrogen-bond acceptors (Lipinski definition) is 5. The van der Waals surface area contributed by atoms with Crippen LogP contribution >= 0.6 is 11.3 Å². The molecule has 6 heteroatoms. The molecule has 1 aromatic heterocycles. The van der Waals surface area contributed by atoms with Gasteiger partial charge in [-0.1, -0.05) is 48.5 Å². The minimum Gasteiger partial charge on any atom is -0.477 e. The zero-order valence-corrected chi connectivity index (χ0v) is 16.1. The Kier molecular flexibility index (Phi) is 5.50. The van der Waals surface area contributed by atoms with Crippen molar-refractivity contribution in [1.82, 2.24) is 4.98 Å². The first-order valence-corrected chi connectivity index (χ1v) is 9.93. The Hall–Kier alpha value is -2.96. The number of morpholine rings is 1. The van der Waals surface area contributed by atoms with Crippen LogP contribution in [0, 0.1) is 0 Å². The highest BCUT2D eigenvalue weighted by molar-refractivity contribution is 7.15. The Morgan fingerprint density at radius 3 is 2.43 bits per heavy atom. The lowest BCUT2D eigenvalue weighted by Crippen LogP contribution is -2.36. The number of nitrogens with zero attached hydrogens (tertiary/aromatic N) is 2. The van der Waals surface area contributed by atoms with Gasteiger partial charge in [-0.05, 0) is 23.8 Å². The minimum atomic E-state index is -0.953. The monoisotopic (exact) mass is 392 g/mol. The van der Waals surface area contributed by atoms with Crippen LogP contribution in [0.4, 0.5) is 5.69 Å². The lowest BCUT2D eigenvalue weighted by atomic mass is 10.1. The first-order valence-electron chi connectivity index (χ1n) is 9.11. The van der Waals surface area contributed by atoms with Gasteiger partial charge in [0.05, 0.1) is 18.9 Å². The van der Waals surface area contributed by atoms with Crippen molar-refractivity contribution in [2.45, 2.75) is 0 Å². The summed E-state index contributed by atoms with van der Waals surface area (Å²) in [5.74, 6) is -0.953. The number of ether oxygens (including phenoxy) is 1. The largest absolute Gasteiger partial charge is 0.477 e. The van der Waals surface area contributed by atoms with E-state index in [1.165, 1.54) is 17.0 Å². The van der Waals surface area contributed by atoms with Gasteiger partial charge in [0.2, 0.25) is 0 Å². The second kappa shape index (κ2) is 8.37. The molecule has 0 unspecified atom stereocenters. The smallest absolute Gasteiger partial charge is 0.348 e. The van der Waals surface area contributed by atoms with Crippen molar-refractivity contribution in [2.24, 2.45) is 0 Å². The lowest BCUT2D eigenvalue weighted by molar-refractivity contribution is 0.0702. The number of aromatic nitrogens is 1. The third-order valence-electron chi connectivity index (χ3n) is 4.57. The van der Waals surface area contributed by atoms with E-state index in [0.29, 0.717) is 10.7 Å². The molecule has 0 atom stereocenters. The number of carboxylic acids is 1. The topological polar surface area (TPSA) is 62.7 Å². The molecule has 3 aromatic rings. The highest BCUT2D eigenvalue weighted by atomic mass is 32.1. The van der Waals surface area contributed by atoms with Gasteiger partial charge in [-0.15, -0.1) is 11.3 Å². The number of carbonyl (C=O) groups is 1. The van der Waals surface area contributed by atoms with Crippen LogP contribution in [0.2, 0.25) is 0 Å². The van der Waals surface area contributed by atoms with Gasteiger partial charge < -0.3 is 14.7 Å². The van der Waals surface area contributed by atoms with Gasteiger partial charge >= 0.3 is 5.97 Å². The number of aromatic carboxylic acids is 1. The van der Waals surface area contributed by atoms with Gasteiger partial charge in [0.25, 0.3) is 0 Å². The minimum absolute atomic E-state index is 0.258. The fourth-order valence-electron chi connectivity index (χ4n) is 3.13. The van der Waals surface area contributed by atoms with Crippen molar-refractivity contribution in [3.8, 4) is 11.3 Å². The predicted octanol–water partition coefficient (Wildman–Crippen LogP) is 4.52. The number of anilines is 1. The van der Waals surface area contributed by atoms with Crippen LogP contribution in [0.15, 0.2) is 54.6 Å². The molecule has 0 radical (unpaired) electrons. The van der Waals surface area contributed by atoms with Crippen LogP contribution in [-0.4, -0.2) is 42.4 Å². The third kappa shape index (κ3) is 4.13. The van der Waals surface area contributed by atoms with Crippen LogP contribution in [-0.2, 0) is 4.74 Å². The van der Waals surface area contributed by atoms with E-state index >= 15 is 0 Å². The normalized spacial score (nSPS) is 14.5. The van der Waals surface area contributed by atoms with E-state index in [1.807, 2.05) is 42.5 Å². The molecule has 2 aromatic carbocycles. The first-order chi connectivity index (χ1) is 13.7. The molecule has 1 fully saturated rings. The molecule has 0 aliphatic carbocycles.